The molecule has 0 fully saturated rings. The number of halogens is 2. The number of carbonyl (C=O) groups is 1. The van der Waals surface area contributed by atoms with Crippen LogP contribution in [0.4, 0.5) is 10.1 Å². The molecule has 0 aliphatic rings. The molecular weight excluding hydrogens is 513 g/mol. The fraction of sp³-hybridized carbons (Fsp3) is 0.107. The Labute approximate surface area is 211 Å². The van der Waals surface area contributed by atoms with Crippen molar-refractivity contribution in [3.8, 4) is 28.4 Å². The summed E-state index contributed by atoms with van der Waals surface area (Å²) in [6.45, 7) is 0.416. The Kier molecular flexibility index (Phi) is 7.67. The molecule has 35 heavy (non-hydrogen) atoms. The van der Waals surface area contributed by atoms with Crippen molar-refractivity contribution in [2.24, 2.45) is 0 Å². The molecule has 4 rings (SSSR count). The minimum atomic E-state index is -0.871. The van der Waals surface area contributed by atoms with E-state index in [0.29, 0.717) is 35.6 Å². The molecule has 0 heterocycles. The zero-order chi connectivity index (χ0) is 24.8. The van der Waals surface area contributed by atoms with E-state index in [4.69, 9.17) is 9.47 Å². The molecule has 0 radical (unpaired) electrons. The Morgan fingerprint density at radius 1 is 0.971 bits per heavy atom. The summed E-state index contributed by atoms with van der Waals surface area (Å²) in [6.07, 6.45) is 0.649. The lowest BCUT2D eigenvalue weighted by Gasteiger charge is -2.12. The summed E-state index contributed by atoms with van der Waals surface area (Å²) >= 11 is 3.36. The molecule has 4 aromatic carbocycles. The lowest BCUT2D eigenvalue weighted by Crippen LogP contribution is -2.13. The molecule has 0 saturated heterocycles. The lowest BCUT2D eigenvalue weighted by molar-refractivity contribution is 0.102. The SMILES string of the molecule is COc1ccccc1CCOc1cccc(NC(=O)c2cc(-c3ccc(Br)cc3)cc(F)c2O)c1. The van der Waals surface area contributed by atoms with Gasteiger partial charge in [-0.1, -0.05) is 52.3 Å². The molecule has 0 aliphatic heterocycles. The number of phenolic OH excluding ortho intramolecular Hbond substituents is 1. The highest BCUT2D eigenvalue weighted by atomic mass is 79.9. The zero-order valence-electron chi connectivity index (χ0n) is 18.9. The lowest BCUT2D eigenvalue weighted by atomic mass is 10.0. The highest BCUT2D eigenvalue weighted by molar-refractivity contribution is 9.10. The van der Waals surface area contributed by atoms with E-state index < -0.39 is 17.5 Å². The van der Waals surface area contributed by atoms with Crippen LogP contribution in [0.5, 0.6) is 17.2 Å². The molecule has 5 nitrogen and oxygen atoms in total. The molecule has 4 aromatic rings. The van der Waals surface area contributed by atoms with Crippen molar-refractivity contribution in [1.29, 1.82) is 0 Å². The Balaban J connectivity index is 1.46. The first-order valence-corrected chi connectivity index (χ1v) is 11.7. The Morgan fingerprint density at radius 3 is 2.51 bits per heavy atom. The maximum Gasteiger partial charge on any atom is 0.259 e. The normalized spacial score (nSPS) is 10.6. The average molecular weight is 536 g/mol. The van der Waals surface area contributed by atoms with Gasteiger partial charge in [-0.2, -0.15) is 0 Å². The third-order valence-electron chi connectivity index (χ3n) is 5.41. The van der Waals surface area contributed by atoms with Gasteiger partial charge in [-0.3, -0.25) is 4.79 Å². The number of rotatable bonds is 8. The van der Waals surface area contributed by atoms with Crippen LogP contribution in [0.25, 0.3) is 11.1 Å². The predicted octanol–water partition coefficient (Wildman–Crippen LogP) is 6.84. The topological polar surface area (TPSA) is 67.8 Å². The second-order valence-electron chi connectivity index (χ2n) is 7.75. The summed E-state index contributed by atoms with van der Waals surface area (Å²) in [7, 11) is 1.63. The van der Waals surface area contributed by atoms with Gasteiger partial charge in [0.1, 0.15) is 11.5 Å². The maximum atomic E-state index is 14.4. The van der Waals surface area contributed by atoms with Gasteiger partial charge in [-0.25, -0.2) is 4.39 Å². The van der Waals surface area contributed by atoms with Gasteiger partial charge >= 0.3 is 0 Å². The molecule has 178 valence electrons. The van der Waals surface area contributed by atoms with E-state index in [1.54, 1.807) is 43.5 Å². The largest absolute Gasteiger partial charge is 0.504 e. The number of hydrogen-bond acceptors (Lipinski definition) is 4. The third-order valence-corrected chi connectivity index (χ3v) is 5.94. The minimum Gasteiger partial charge on any atom is -0.504 e. The average Bonchev–Trinajstić information content (AvgIpc) is 2.86. The van der Waals surface area contributed by atoms with Crippen molar-refractivity contribution in [3.63, 3.8) is 0 Å². The van der Waals surface area contributed by atoms with Crippen LogP contribution in [0.1, 0.15) is 15.9 Å². The number of ether oxygens (including phenoxy) is 2. The monoisotopic (exact) mass is 535 g/mol. The molecule has 0 saturated carbocycles. The standard InChI is InChI=1S/C28H23BrFNO4/c1-34-26-8-3-2-5-19(26)13-14-35-23-7-4-6-22(17-23)31-28(33)24-15-20(16-25(30)27(24)32)18-9-11-21(29)12-10-18/h2-12,15-17,32H,13-14H2,1H3,(H,31,33). The molecule has 0 spiro atoms. The molecule has 0 atom stereocenters. The first kappa shape index (κ1) is 24.3. The summed E-state index contributed by atoms with van der Waals surface area (Å²) in [5, 5.41) is 12.9. The second-order valence-corrected chi connectivity index (χ2v) is 8.67. The van der Waals surface area contributed by atoms with Crippen LogP contribution in [0.15, 0.2) is 89.4 Å². The minimum absolute atomic E-state index is 0.162. The van der Waals surface area contributed by atoms with Crippen molar-refractivity contribution < 1.29 is 23.8 Å². The number of nitrogens with one attached hydrogen (secondary N) is 1. The van der Waals surface area contributed by atoms with E-state index in [0.717, 1.165) is 15.8 Å². The van der Waals surface area contributed by atoms with E-state index in [2.05, 4.69) is 21.2 Å². The third kappa shape index (κ3) is 6.00. The van der Waals surface area contributed by atoms with Crippen molar-refractivity contribution >= 4 is 27.5 Å². The number of carbonyl (C=O) groups excluding carboxylic acids is 1. The van der Waals surface area contributed by atoms with Gasteiger partial charge in [-0.15, -0.1) is 0 Å². The Hall–Kier alpha value is -3.84. The fourth-order valence-electron chi connectivity index (χ4n) is 3.63. The van der Waals surface area contributed by atoms with Crippen LogP contribution in [-0.2, 0) is 6.42 Å². The van der Waals surface area contributed by atoms with Crippen molar-refractivity contribution in [2.45, 2.75) is 6.42 Å². The number of methoxy groups -OCH3 is 1. The summed E-state index contributed by atoms with van der Waals surface area (Å²) < 4.78 is 26.5. The quantitative estimate of drug-likeness (QED) is 0.259. The van der Waals surface area contributed by atoms with Crippen LogP contribution in [-0.4, -0.2) is 24.7 Å². The number of phenols is 1. The molecule has 0 unspecified atom stereocenters. The molecule has 0 aliphatic carbocycles. The van der Waals surface area contributed by atoms with E-state index in [1.165, 1.54) is 12.1 Å². The number of amides is 1. The van der Waals surface area contributed by atoms with Crippen LogP contribution >= 0.6 is 15.9 Å². The van der Waals surface area contributed by atoms with E-state index in [-0.39, 0.29) is 5.56 Å². The Bertz CT molecular complexity index is 1340. The van der Waals surface area contributed by atoms with Crippen molar-refractivity contribution in [2.75, 3.05) is 19.0 Å². The second kappa shape index (κ2) is 11.1. The van der Waals surface area contributed by atoms with Gasteiger partial charge in [0.05, 0.1) is 19.3 Å². The molecule has 0 bridgehead atoms. The van der Waals surface area contributed by atoms with Gasteiger partial charge in [0.15, 0.2) is 11.6 Å². The summed E-state index contributed by atoms with van der Waals surface area (Å²) in [6, 6.07) is 24.5. The van der Waals surface area contributed by atoms with Crippen LogP contribution in [0.2, 0.25) is 0 Å². The highest BCUT2D eigenvalue weighted by Gasteiger charge is 2.18. The van der Waals surface area contributed by atoms with E-state index in [1.807, 2.05) is 36.4 Å². The van der Waals surface area contributed by atoms with Gasteiger partial charge in [0, 0.05) is 22.6 Å². The predicted molar refractivity (Wildman–Crippen MR) is 138 cm³/mol. The molecular formula is C28H23BrFNO4. The van der Waals surface area contributed by atoms with Gasteiger partial charge in [0.25, 0.3) is 5.91 Å². The van der Waals surface area contributed by atoms with Crippen LogP contribution in [0, 0.1) is 5.82 Å². The summed E-state index contributed by atoms with van der Waals surface area (Å²) in [5.41, 5.74) is 2.52. The smallest absolute Gasteiger partial charge is 0.259 e. The molecule has 2 N–H and O–H groups in total. The first-order chi connectivity index (χ1) is 16.9. The van der Waals surface area contributed by atoms with E-state index in [9.17, 15) is 14.3 Å². The highest BCUT2D eigenvalue weighted by Crippen LogP contribution is 2.31. The van der Waals surface area contributed by atoms with Crippen molar-refractivity contribution in [1.82, 2.24) is 0 Å². The van der Waals surface area contributed by atoms with Gasteiger partial charge < -0.3 is 19.9 Å². The Morgan fingerprint density at radius 2 is 1.74 bits per heavy atom. The number of para-hydroxylation sites is 1. The molecule has 7 heteroatoms. The summed E-state index contributed by atoms with van der Waals surface area (Å²) in [4.78, 5) is 12.9. The fourth-order valence-corrected chi connectivity index (χ4v) is 3.90. The number of hydrogen-bond donors (Lipinski definition) is 2. The maximum absolute atomic E-state index is 14.4. The first-order valence-electron chi connectivity index (χ1n) is 10.9. The zero-order valence-corrected chi connectivity index (χ0v) is 20.5. The molecule has 1 amide bonds. The number of benzene rings is 4. The van der Waals surface area contributed by atoms with Crippen LogP contribution < -0.4 is 14.8 Å². The number of aromatic hydroxyl groups is 1. The molecule has 0 aromatic heterocycles. The van der Waals surface area contributed by atoms with Crippen molar-refractivity contribution in [3.05, 3.63) is 106 Å². The number of anilines is 1. The van der Waals surface area contributed by atoms with Gasteiger partial charge in [0.2, 0.25) is 0 Å². The summed E-state index contributed by atoms with van der Waals surface area (Å²) in [5.74, 6) is -0.839. The van der Waals surface area contributed by atoms with E-state index >= 15 is 0 Å². The van der Waals surface area contributed by atoms with Crippen LogP contribution in [0.3, 0.4) is 0 Å². The van der Waals surface area contributed by atoms with Gasteiger partial charge in [-0.05, 0) is 59.2 Å².